The van der Waals surface area contributed by atoms with Gasteiger partial charge in [0.1, 0.15) is 5.69 Å². The van der Waals surface area contributed by atoms with E-state index in [9.17, 15) is 27.2 Å². The maximum Gasteiger partial charge on any atom is 0.276 e. The van der Waals surface area contributed by atoms with E-state index in [2.05, 4.69) is 31.0 Å². The lowest BCUT2D eigenvalue weighted by atomic mass is 9.79. The van der Waals surface area contributed by atoms with Crippen molar-refractivity contribution in [2.75, 3.05) is 0 Å². The molecule has 3 heterocycles. The number of carbonyl (C=O) groups is 2. The molecular weight excluding hydrogens is 534 g/mol. The van der Waals surface area contributed by atoms with Crippen LogP contribution in [0, 0.1) is 11.8 Å². The lowest BCUT2D eigenvalue weighted by Gasteiger charge is -2.34. The van der Waals surface area contributed by atoms with Crippen molar-refractivity contribution in [2.45, 2.75) is 88.1 Å². The lowest BCUT2D eigenvalue weighted by Crippen LogP contribution is -2.38. The molecule has 1 atom stereocenters. The van der Waals surface area contributed by atoms with Gasteiger partial charge in [0.15, 0.2) is 11.3 Å². The molecule has 0 saturated heterocycles. The smallest absolute Gasteiger partial charge is 0.276 e. The standard InChI is InChI=1S/C26H29F4N7O3/c27-25(28)5-3-17(4-6-25)21(34-24(39)23-22(16-1-2-16)35-40-36-23)18-13-37-19(33-18)7-15(12-32-37)11-31-20(38)8-14-9-26(29,30)10-14/h7,12-14,16-17,21H,1-6,8-11H2,(H,31,38)(H,34,39)/t21-/m0/s1. The summed E-state index contributed by atoms with van der Waals surface area (Å²) in [6.07, 6.45) is 4.35. The van der Waals surface area contributed by atoms with Crippen LogP contribution in [0.4, 0.5) is 17.6 Å². The van der Waals surface area contributed by atoms with Crippen LogP contribution in [-0.4, -0.2) is 48.6 Å². The monoisotopic (exact) mass is 563 g/mol. The van der Waals surface area contributed by atoms with Gasteiger partial charge in [-0.1, -0.05) is 5.16 Å². The van der Waals surface area contributed by atoms with Gasteiger partial charge in [-0.2, -0.15) is 5.10 Å². The highest BCUT2D eigenvalue weighted by atomic mass is 19.3. The molecule has 3 fully saturated rings. The molecule has 6 rings (SSSR count). The van der Waals surface area contributed by atoms with E-state index >= 15 is 0 Å². The Morgan fingerprint density at radius 3 is 2.52 bits per heavy atom. The Balaban J connectivity index is 1.17. The number of hydrogen-bond acceptors (Lipinski definition) is 7. The van der Waals surface area contributed by atoms with E-state index in [1.54, 1.807) is 18.5 Å². The number of carbonyl (C=O) groups excluding carboxylic acids is 2. The molecule has 0 unspecified atom stereocenters. The van der Waals surface area contributed by atoms with E-state index in [1.165, 1.54) is 4.52 Å². The number of amides is 2. The van der Waals surface area contributed by atoms with Crippen LogP contribution in [0.25, 0.3) is 5.65 Å². The summed E-state index contributed by atoms with van der Waals surface area (Å²) >= 11 is 0. The van der Waals surface area contributed by atoms with E-state index in [4.69, 9.17) is 4.63 Å². The third-order valence-electron chi connectivity index (χ3n) is 8.07. The first-order chi connectivity index (χ1) is 19.1. The molecule has 10 nitrogen and oxygen atoms in total. The largest absolute Gasteiger partial charge is 0.352 e. The summed E-state index contributed by atoms with van der Waals surface area (Å²) in [6, 6.07) is 1.05. The van der Waals surface area contributed by atoms with Crippen LogP contribution < -0.4 is 10.6 Å². The second kappa shape index (κ2) is 10.1. The Bertz CT molecular complexity index is 1400. The molecule has 214 valence electrons. The van der Waals surface area contributed by atoms with Crippen LogP contribution in [0.3, 0.4) is 0 Å². The fraction of sp³-hybridized carbons (Fsp3) is 0.615. The van der Waals surface area contributed by atoms with Crippen molar-refractivity contribution < 1.29 is 31.8 Å². The Labute approximate surface area is 226 Å². The van der Waals surface area contributed by atoms with Crippen molar-refractivity contribution in [1.82, 2.24) is 35.5 Å². The molecular formula is C26H29F4N7O3. The van der Waals surface area contributed by atoms with E-state index in [-0.39, 0.29) is 80.8 Å². The average Bonchev–Trinajstić information content (AvgIpc) is 3.45. The first-order valence-electron chi connectivity index (χ1n) is 13.6. The molecule has 2 amide bonds. The number of hydrogen-bond donors (Lipinski definition) is 2. The highest BCUT2D eigenvalue weighted by Crippen LogP contribution is 2.44. The first kappa shape index (κ1) is 26.6. The molecule has 3 aromatic heterocycles. The topological polar surface area (TPSA) is 127 Å². The van der Waals surface area contributed by atoms with Crippen molar-refractivity contribution >= 4 is 17.5 Å². The van der Waals surface area contributed by atoms with E-state index < -0.39 is 23.8 Å². The van der Waals surface area contributed by atoms with Gasteiger partial charge in [0.25, 0.3) is 5.91 Å². The SMILES string of the molecule is O=C(CC1CC(F)(F)C1)NCc1cnn2cc([C@@H](NC(=O)c3nonc3C3CC3)C3CCC(F)(F)CC3)nc2c1. The molecule has 3 aliphatic rings. The van der Waals surface area contributed by atoms with Crippen LogP contribution in [0.5, 0.6) is 0 Å². The van der Waals surface area contributed by atoms with Crippen LogP contribution in [0.2, 0.25) is 0 Å². The van der Waals surface area contributed by atoms with Gasteiger partial charge in [-0.15, -0.1) is 0 Å². The maximum atomic E-state index is 13.9. The minimum Gasteiger partial charge on any atom is -0.352 e. The van der Waals surface area contributed by atoms with Crippen molar-refractivity contribution in [3.05, 3.63) is 41.1 Å². The minimum atomic E-state index is -2.74. The van der Waals surface area contributed by atoms with Crippen LogP contribution in [-0.2, 0) is 11.3 Å². The third-order valence-corrected chi connectivity index (χ3v) is 8.07. The quantitative estimate of drug-likeness (QED) is 0.371. The van der Waals surface area contributed by atoms with Crippen molar-refractivity contribution in [2.24, 2.45) is 11.8 Å². The third kappa shape index (κ3) is 5.80. The molecule has 0 radical (unpaired) electrons. The number of aromatic nitrogens is 5. The Hall–Kier alpha value is -3.58. The second-order valence-electron chi connectivity index (χ2n) is 11.4. The molecule has 0 bridgehead atoms. The number of fused-ring (bicyclic) bond motifs is 1. The lowest BCUT2D eigenvalue weighted by molar-refractivity contribution is -0.133. The van der Waals surface area contributed by atoms with Gasteiger partial charge in [0.2, 0.25) is 17.8 Å². The van der Waals surface area contributed by atoms with E-state index in [0.717, 1.165) is 12.8 Å². The fourth-order valence-electron chi connectivity index (χ4n) is 5.66. The van der Waals surface area contributed by atoms with Crippen molar-refractivity contribution in [1.29, 1.82) is 0 Å². The van der Waals surface area contributed by atoms with Crippen LogP contribution in [0.15, 0.2) is 23.1 Å². The summed E-state index contributed by atoms with van der Waals surface area (Å²) in [6.45, 7) is 0.147. The number of alkyl halides is 4. The summed E-state index contributed by atoms with van der Waals surface area (Å²) in [7, 11) is 0. The highest BCUT2D eigenvalue weighted by Gasteiger charge is 2.45. The molecule has 14 heteroatoms. The van der Waals surface area contributed by atoms with Gasteiger partial charge in [0, 0.05) is 44.6 Å². The minimum absolute atomic E-state index is 0.0457. The summed E-state index contributed by atoms with van der Waals surface area (Å²) in [5.41, 5.74) is 2.16. The molecule has 0 spiro atoms. The second-order valence-corrected chi connectivity index (χ2v) is 11.4. The van der Waals surface area contributed by atoms with E-state index in [1.807, 2.05) is 0 Å². The summed E-state index contributed by atoms with van der Waals surface area (Å²) < 4.78 is 60.3. The Kier molecular flexibility index (Phi) is 6.73. The average molecular weight is 564 g/mol. The Morgan fingerprint density at radius 1 is 1.07 bits per heavy atom. The van der Waals surface area contributed by atoms with Gasteiger partial charge in [0.05, 0.1) is 24.1 Å². The molecule has 0 aliphatic heterocycles. The first-order valence-corrected chi connectivity index (χ1v) is 13.6. The van der Waals surface area contributed by atoms with Gasteiger partial charge < -0.3 is 10.6 Å². The van der Waals surface area contributed by atoms with Crippen molar-refractivity contribution in [3.63, 3.8) is 0 Å². The summed E-state index contributed by atoms with van der Waals surface area (Å²) in [4.78, 5) is 30.0. The maximum absolute atomic E-state index is 13.9. The van der Waals surface area contributed by atoms with Gasteiger partial charge in [-0.3, -0.25) is 9.59 Å². The summed E-state index contributed by atoms with van der Waals surface area (Å²) in [5, 5.41) is 17.7. The molecule has 3 saturated carbocycles. The fourth-order valence-corrected chi connectivity index (χ4v) is 5.66. The van der Waals surface area contributed by atoms with E-state index in [0.29, 0.717) is 22.6 Å². The summed E-state index contributed by atoms with van der Waals surface area (Å²) in [5.74, 6) is -6.68. The molecule has 0 aromatic carbocycles. The van der Waals surface area contributed by atoms with Crippen LogP contribution >= 0.6 is 0 Å². The number of nitrogens with one attached hydrogen (secondary N) is 2. The molecule has 3 aliphatic carbocycles. The zero-order chi connectivity index (χ0) is 28.1. The normalized spacial score (nSPS) is 21.6. The number of halogens is 4. The number of nitrogens with zero attached hydrogens (tertiary/aromatic N) is 5. The van der Waals surface area contributed by atoms with Gasteiger partial charge in [-0.25, -0.2) is 31.7 Å². The van der Waals surface area contributed by atoms with Crippen LogP contribution in [0.1, 0.15) is 97.2 Å². The molecule has 3 aromatic rings. The zero-order valence-electron chi connectivity index (χ0n) is 21.6. The number of imidazole rings is 1. The number of rotatable bonds is 9. The predicted molar refractivity (Wildman–Crippen MR) is 131 cm³/mol. The Morgan fingerprint density at radius 2 is 1.82 bits per heavy atom. The molecule has 40 heavy (non-hydrogen) atoms. The highest BCUT2D eigenvalue weighted by molar-refractivity contribution is 5.93. The van der Waals surface area contributed by atoms with Gasteiger partial charge in [-0.05, 0) is 54.3 Å². The molecule has 2 N–H and O–H groups in total. The zero-order valence-corrected chi connectivity index (χ0v) is 21.6. The predicted octanol–water partition coefficient (Wildman–Crippen LogP) is 4.34. The van der Waals surface area contributed by atoms with Gasteiger partial charge >= 0.3 is 0 Å². The van der Waals surface area contributed by atoms with Crippen molar-refractivity contribution in [3.8, 4) is 0 Å².